The molecule has 0 radical (unpaired) electrons. The molecule has 2 heterocycles. The van der Waals surface area contributed by atoms with Crippen LogP contribution in [0, 0.1) is 0 Å². The van der Waals surface area contributed by atoms with Crippen molar-refractivity contribution >= 4 is 34.1 Å². The van der Waals surface area contributed by atoms with E-state index in [1.807, 2.05) is 30.3 Å². The van der Waals surface area contributed by atoms with Crippen molar-refractivity contribution in [3.8, 4) is 0 Å². The van der Waals surface area contributed by atoms with Gasteiger partial charge in [0.05, 0.1) is 29.5 Å². The van der Waals surface area contributed by atoms with E-state index in [4.69, 9.17) is 11.6 Å². The zero-order valence-corrected chi connectivity index (χ0v) is 14.6. The van der Waals surface area contributed by atoms with E-state index in [0.29, 0.717) is 28.9 Å². The number of nitrogens with zero attached hydrogens (tertiary/aromatic N) is 4. The Hall–Kier alpha value is -2.99. The van der Waals surface area contributed by atoms with Crippen LogP contribution in [0.15, 0.2) is 64.8 Å². The molecule has 0 saturated carbocycles. The first-order valence-corrected chi connectivity index (χ1v) is 8.57. The maximum Gasteiger partial charge on any atom is 0.262 e. The largest absolute Gasteiger partial charge is 0.289 e. The first-order valence-electron chi connectivity index (χ1n) is 8.20. The molecular weight excluding hydrogens is 352 g/mol. The summed E-state index contributed by atoms with van der Waals surface area (Å²) >= 11 is 5.96. The number of carbonyl (C=O) groups excluding carboxylic acids is 1. The number of hydrazone groups is 1. The molecule has 26 heavy (non-hydrogen) atoms. The van der Waals surface area contributed by atoms with Crippen molar-refractivity contribution in [1.82, 2.24) is 14.6 Å². The van der Waals surface area contributed by atoms with Crippen LogP contribution in [-0.2, 0) is 11.3 Å². The van der Waals surface area contributed by atoms with E-state index >= 15 is 0 Å². The van der Waals surface area contributed by atoms with E-state index in [2.05, 4.69) is 10.1 Å². The fourth-order valence-electron chi connectivity index (χ4n) is 2.94. The van der Waals surface area contributed by atoms with Gasteiger partial charge in [0.2, 0.25) is 0 Å². The van der Waals surface area contributed by atoms with Gasteiger partial charge in [0.1, 0.15) is 6.54 Å². The van der Waals surface area contributed by atoms with Gasteiger partial charge in [-0.3, -0.25) is 14.2 Å². The predicted octanol–water partition coefficient (Wildman–Crippen LogP) is 2.69. The van der Waals surface area contributed by atoms with Gasteiger partial charge in [-0.15, -0.1) is 0 Å². The highest BCUT2D eigenvalue weighted by Crippen LogP contribution is 2.15. The molecule has 6 nitrogen and oxygen atoms in total. The number of aromatic nitrogens is 2. The summed E-state index contributed by atoms with van der Waals surface area (Å²) in [6, 6.07) is 14.7. The molecule has 1 aromatic heterocycles. The zero-order valence-electron chi connectivity index (χ0n) is 13.8. The molecule has 0 bridgehead atoms. The minimum Gasteiger partial charge on any atom is -0.289 e. The summed E-state index contributed by atoms with van der Waals surface area (Å²) < 4.78 is 1.29. The first kappa shape index (κ1) is 16.5. The van der Waals surface area contributed by atoms with Gasteiger partial charge in [-0.1, -0.05) is 41.9 Å². The van der Waals surface area contributed by atoms with Crippen LogP contribution in [0.3, 0.4) is 0 Å². The van der Waals surface area contributed by atoms with Crippen LogP contribution in [0.5, 0.6) is 0 Å². The van der Waals surface area contributed by atoms with Crippen molar-refractivity contribution in [2.45, 2.75) is 13.0 Å². The summed E-state index contributed by atoms with van der Waals surface area (Å²) in [6.07, 6.45) is 2.07. The average Bonchev–Trinajstić information content (AvgIpc) is 3.15. The van der Waals surface area contributed by atoms with Crippen LogP contribution >= 0.6 is 11.6 Å². The summed E-state index contributed by atoms with van der Waals surface area (Å²) in [5.74, 6) is -0.249. The normalized spacial score (nSPS) is 13.9. The SMILES string of the molecule is O=C(Cn1cnc2ccc(Cl)cc2c1=O)N1CCC(c2ccccc2)=N1. The third-order valence-corrected chi connectivity index (χ3v) is 4.52. The Morgan fingerprint density at radius 3 is 2.77 bits per heavy atom. The Morgan fingerprint density at radius 1 is 1.15 bits per heavy atom. The number of fused-ring (bicyclic) bond motifs is 1. The van der Waals surface area contributed by atoms with Gasteiger partial charge in [-0.2, -0.15) is 5.10 Å². The van der Waals surface area contributed by atoms with E-state index in [9.17, 15) is 9.59 Å². The summed E-state index contributed by atoms with van der Waals surface area (Å²) in [6.45, 7) is 0.393. The Kier molecular flexibility index (Phi) is 4.26. The van der Waals surface area contributed by atoms with Crippen LogP contribution in [0.2, 0.25) is 5.02 Å². The second-order valence-corrected chi connectivity index (χ2v) is 6.46. The molecule has 0 unspecified atom stereocenters. The molecular formula is C19H15ClN4O2. The highest BCUT2D eigenvalue weighted by molar-refractivity contribution is 6.31. The Labute approximate surface area is 154 Å². The lowest BCUT2D eigenvalue weighted by molar-refractivity contribution is -0.131. The van der Waals surface area contributed by atoms with Crippen molar-refractivity contribution in [3.63, 3.8) is 0 Å². The Bertz CT molecular complexity index is 1080. The fraction of sp³-hybridized carbons (Fsp3) is 0.158. The Balaban J connectivity index is 1.57. The summed E-state index contributed by atoms with van der Waals surface area (Å²) in [5, 5.41) is 6.66. The van der Waals surface area contributed by atoms with Gasteiger partial charge < -0.3 is 0 Å². The number of halogens is 1. The van der Waals surface area contributed by atoms with Gasteiger partial charge >= 0.3 is 0 Å². The number of amides is 1. The number of rotatable bonds is 3. The second-order valence-electron chi connectivity index (χ2n) is 6.02. The molecule has 0 saturated heterocycles. The summed E-state index contributed by atoms with van der Waals surface area (Å²) in [5.41, 5.74) is 2.13. The number of hydrogen-bond acceptors (Lipinski definition) is 4. The van der Waals surface area contributed by atoms with E-state index in [0.717, 1.165) is 11.3 Å². The van der Waals surface area contributed by atoms with Crippen LogP contribution in [0.25, 0.3) is 10.9 Å². The lowest BCUT2D eigenvalue weighted by Gasteiger charge is -2.12. The van der Waals surface area contributed by atoms with Crippen molar-refractivity contribution in [3.05, 3.63) is 75.8 Å². The van der Waals surface area contributed by atoms with Crippen LogP contribution in [0.4, 0.5) is 0 Å². The molecule has 0 spiro atoms. The van der Waals surface area contributed by atoms with Crippen molar-refractivity contribution < 1.29 is 4.79 Å². The maximum absolute atomic E-state index is 12.6. The van der Waals surface area contributed by atoms with E-state index in [1.165, 1.54) is 15.9 Å². The molecule has 3 aromatic rings. The molecule has 1 aliphatic rings. The third-order valence-electron chi connectivity index (χ3n) is 4.29. The predicted molar refractivity (Wildman–Crippen MR) is 100 cm³/mol. The zero-order chi connectivity index (χ0) is 18.1. The fourth-order valence-corrected chi connectivity index (χ4v) is 3.11. The van der Waals surface area contributed by atoms with E-state index in [-0.39, 0.29) is 18.0 Å². The topological polar surface area (TPSA) is 67.6 Å². The number of benzene rings is 2. The highest BCUT2D eigenvalue weighted by Gasteiger charge is 2.22. The Morgan fingerprint density at radius 2 is 1.96 bits per heavy atom. The summed E-state index contributed by atoms with van der Waals surface area (Å²) in [7, 11) is 0. The first-order chi connectivity index (χ1) is 12.6. The van der Waals surface area contributed by atoms with Crippen LogP contribution in [-0.4, -0.2) is 32.7 Å². The quantitative estimate of drug-likeness (QED) is 0.715. The van der Waals surface area contributed by atoms with Gasteiger partial charge in [0.15, 0.2) is 0 Å². The molecule has 4 rings (SSSR count). The van der Waals surface area contributed by atoms with Crippen LogP contribution in [0.1, 0.15) is 12.0 Å². The standard InChI is InChI=1S/C19H15ClN4O2/c20-14-6-7-17-15(10-14)19(26)23(12-21-17)11-18(25)24-9-8-16(22-24)13-4-2-1-3-5-13/h1-7,10,12H,8-9,11H2. The van der Waals surface area contributed by atoms with Gasteiger partial charge in [0, 0.05) is 11.4 Å². The lowest BCUT2D eigenvalue weighted by Crippen LogP contribution is -2.32. The van der Waals surface area contributed by atoms with E-state index < -0.39 is 0 Å². The van der Waals surface area contributed by atoms with Crippen molar-refractivity contribution in [1.29, 1.82) is 0 Å². The van der Waals surface area contributed by atoms with Gasteiger partial charge in [0.25, 0.3) is 11.5 Å². The molecule has 7 heteroatoms. The monoisotopic (exact) mass is 366 g/mol. The second kappa shape index (κ2) is 6.72. The minimum absolute atomic E-state index is 0.111. The lowest BCUT2D eigenvalue weighted by atomic mass is 10.1. The number of hydrogen-bond donors (Lipinski definition) is 0. The van der Waals surface area contributed by atoms with E-state index in [1.54, 1.807) is 18.2 Å². The molecule has 0 N–H and O–H groups in total. The highest BCUT2D eigenvalue weighted by atomic mass is 35.5. The average molecular weight is 367 g/mol. The molecule has 130 valence electrons. The van der Waals surface area contributed by atoms with Gasteiger partial charge in [-0.25, -0.2) is 9.99 Å². The molecule has 0 fully saturated rings. The van der Waals surface area contributed by atoms with Crippen molar-refractivity contribution in [2.24, 2.45) is 5.10 Å². The van der Waals surface area contributed by atoms with Crippen molar-refractivity contribution in [2.75, 3.05) is 6.54 Å². The molecule has 2 aromatic carbocycles. The molecule has 1 amide bonds. The minimum atomic E-state index is -0.294. The van der Waals surface area contributed by atoms with Gasteiger partial charge in [-0.05, 0) is 23.8 Å². The molecule has 0 aliphatic carbocycles. The molecule has 1 aliphatic heterocycles. The number of carbonyl (C=O) groups is 1. The van der Waals surface area contributed by atoms with Crippen LogP contribution < -0.4 is 5.56 Å². The maximum atomic E-state index is 12.6. The summed E-state index contributed by atoms with van der Waals surface area (Å²) in [4.78, 5) is 29.3. The third kappa shape index (κ3) is 3.11. The molecule has 0 atom stereocenters. The smallest absolute Gasteiger partial charge is 0.262 e.